The highest BCUT2D eigenvalue weighted by Crippen LogP contribution is 2.21. The fourth-order valence-corrected chi connectivity index (χ4v) is 1.55. The molecule has 1 aromatic carbocycles. The Morgan fingerprint density at radius 3 is 2.76 bits per heavy atom. The van der Waals surface area contributed by atoms with E-state index in [0.29, 0.717) is 11.3 Å². The number of hydrogen-bond acceptors (Lipinski definition) is 4. The van der Waals surface area contributed by atoms with E-state index in [1.165, 1.54) is 6.08 Å². The van der Waals surface area contributed by atoms with E-state index in [4.69, 9.17) is 15.3 Å². The number of hydrogen-bond donors (Lipinski definition) is 1. The van der Waals surface area contributed by atoms with Crippen LogP contribution in [0, 0.1) is 22.7 Å². The Morgan fingerprint density at radius 2 is 2.14 bits per heavy atom. The number of nitrogens with zero attached hydrogens (tertiary/aromatic N) is 2. The summed E-state index contributed by atoms with van der Waals surface area (Å²) in [6.07, 6.45) is 2.25. The normalized spacial score (nSPS) is 11.9. The summed E-state index contributed by atoms with van der Waals surface area (Å²) in [7, 11) is 0. The summed E-state index contributed by atoms with van der Waals surface area (Å²) in [4.78, 5) is 12.0. The summed E-state index contributed by atoms with van der Waals surface area (Å²) < 4.78 is 5.27. The lowest BCUT2D eigenvalue weighted by atomic mass is 10.1. The van der Waals surface area contributed by atoms with Crippen molar-refractivity contribution in [3.05, 3.63) is 35.4 Å². The Hall–Kier alpha value is -2.79. The lowest BCUT2D eigenvalue weighted by Gasteiger charge is -2.11. The van der Waals surface area contributed by atoms with E-state index in [1.807, 2.05) is 26.0 Å². The van der Waals surface area contributed by atoms with Crippen LogP contribution in [0.4, 0.5) is 0 Å². The number of rotatable bonds is 6. The molecule has 0 aliphatic rings. The molecule has 0 fully saturated rings. The minimum atomic E-state index is -0.415. The predicted molar refractivity (Wildman–Crippen MR) is 79.0 cm³/mol. The Labute approximate surface area is 124 Å². The Balaban J connectivity index is 3.01. The molecule has 1 rings (SSSR count). The zero-order valence-corrected chi connectivity index (χ0v) is 12.1. The van der Waals surface area contributed by atoms with Crippen LogP contribution in [0.5, 0.6) is 5.75 Å². The van der Waals surface area contributed by atoms with Crippen molar-refractivity contribution < 1.29 is 9.53 Å². The average molecular weight is 283 g/mol. The molecular weight excluding hydrogens is 266 g/mol. The highest BCUT2D eigenvalue weighted by atomic mass is 16.5. The van der Waals surface area contributed by atoms with Crippen LogP contribution in [-0.2, 0) is 4.79 Å². The molecule has 0 aliphatic heterocycles. The first-order chi connectivity index (χ1) is 10.1. The van der Waals surface area contributed by atoms with E-state index < -0.39 is 5.91 Å². The lowest BCUT2D eigenvalue weighted by Crippen LogP contribution is -2.32. The lowest BCUT2D eigenvalue weighted by molar-refractivity contribution is -0.117. The van der Waals surface area contributed by atoms with Gasteiger partial charge in [0.15, 0.2) is 6.61 Å². The fraction of sp³-hybridized carbons (Fsp3) is 0.312. The molecule has 0 unspecified atom stereocenters. The third-order valence-corrected chi connectivity index (χ3v) is 2.87. The van der Waals surface area contributed by atoms with E-state index in [0.717, 1.165) is 6.42 Å². The molecule has 0 saturated heterocycles. The SMILES string of the molecule is CC[C@H](C)NC(=O)/C(C#N)=C/c1ccccc1OCC#N. The minimum Gasteiger partial charge on any atom is -0.478 e. The first-order valence-corrected chi connectivity index (χ1v) is 6.63. The van der Waals surface area contributed by atoms with Crippen molar-refractivity contribution >= 4 is 12.0 Å². The van der Waals surface area contributed by atoms with Crippen LogP contribution in [0.25, 0.3) is 6.08 Å². The number of ether oxygens (including phenoxy) is 1. The van der Waals surface area contributed by atoms with Crippen molar-refractivity contribution in [2.75, 3.05) is 6.61 Å². The molecule has 1 atom stereocenters. The van der Waals surface area contributed by atoms with Gasteiger partial charge in [0.25, 0.3) is 5.91 Å². The number of para-hydroxylation sites is 1. The largest absolute Gasteiger partial charge is 0.478 e. The van der Waals surface area contributed by atoms with Crippen LogP contribution in [-0.4, -0.2) is 18.6 Å². The van der Waals surface area contributed by atoms with Gasteiger partial charge in [-0.25, -0.2) is 0 Å². The maximum atomic E-state index is 12.0. The molecule has 1 aromatic rings. The molecule has 1 N–H and O–H groups in total. The second kappa shape index (κ2) is 8.39. The van der Waals surface area contributed by atoms with Gasteiger partial charge < -0.3 is 10.1 Å². The number of nitrogens with one attached hydrogen (secondary N) is 1. The first kappa shape index (κ1) is 16.3. The predicted octanol–water partition coefficient (Wildman–Crippen LogP) is 2.41. The highest BCUT2D eigenvalue weighted by Gasteiger charge is 2.12. The van der Waals surface area contributed by atoms with Gasteiger partial charge in [0.1, 0.15) is 23.5 Å². The monoisotopic (exact) mass is 283 g/mol. The van der Waals surface area contributed by atoms with Gasteiger partial charge in [0.05, 0.1) is 0 Å². The molecule has 21 heavy (non-hydrogen) atoms. The van der Waals surface area contributed by atoms with Crippen LogP contribution in [0.3, 0.4) is 0 Å². The molecule has 0 spiro atoms. The van der Waals surface area contributed by atoms with Crippen molar-refractivity contribution in [2.45, 2.75) is 26.3 Å². The summed E-state index contributed by atoms with van der Waals surface area (Å²) in [5.74, 6) is 0.0464. The van der Waals surface area contributed by atoms with Crippen molar-refractivity contribution in [3.63, 3.8) is 0 Å². The topological polar surface area (TPSA) is 85.9 Å². The Morgan fingerprint density at radius 1 is 1.43 bits per heavy atom. The zero-order valence-electron chi connectivity index (χ0n) is 12.1. The van der Waals surface area contributed by atoms with Gasteiger partial charge in [0.2, 0.25) is 0 Å². The molecule has 0 bridgehead atoms. The first-order valence-electron chi connectivity index (χ1n) is 6.63. The molecule has 0 aromatic heterocycles. The molecule has 0 aliphatic carbocycles. The van der Waals surface area contributed by atoms with Crippen LogP contribution in [0.1, 0.15) is 25.8 Å². The van der Waals surface area contributed by atoms with Crippen molar-refractivity contribution in [3.8, 4) is 17.9 Å². The molecule has 0 radical (unpaired) electrons. The van der Waals surface area contributed by atoms with Gasteiger partial charge in [0, 0.05) is 11.6 Å². The van der Waals surface area contributed by atoms with Crippen LogP contribution >= 0.6 is 0 Å². The van der Waals surface area contributed by atoms with Gasteiger partial charge in [-0.15, -0.1) is 0 Å². The molecule has 0 heterocycles. The maximum Gasteiger partial charge on any atom is 0.262 e. The van der Waals surface area contributed by atoms with Crippen molar-refractivity contribution in [1.29, 1.82) is 10.5 Å². The summed E-state index contributed by atoms with van der Waals surface area (Å²) in [5.41, 5.74) is 0.590. The summed E-state index contributed by atoms with van der Waals surface area (Å²) in [5, 5.41) is 20.4. The van der Waals surface area contributed by atoms with Crippen molar-refractivity contribution in [1.82, 2.24) is 5.32 Å². The van der Waals surface area contributed by atoms with Gasteiger partial charge in [-0.2, -0.15) is 10.5 Å². The Bertz CT molecular complexity index is 609. The highest BCUT2D eigenvalue weighted by molar-refractivity contribution is 6.02. The van der Waals surface area contributed by atoms with E-state index in [2.05, 4.69) is 5.32 Å². The molecule has 5 heteroatoms. The molecule has 5 nitrogen and oxygen atoms in total. The minimum absolute atomic E-state index is 0.000618. The van der Waals surface area contributed by atoms with Crippen LogP contribution in [0.15, 0.2) is 29.8 Å². The zero-order chi connectivity index (χ0) is 15.7. The van der Waals surface area contributed by atoms with Gasteiger partial charge in [-0.05, 0) is 25.5 Å². The number of nitriles is 2. The standard InChI is InChI=1S/C16H17N3O2/c1-3-12(2)19-16(20)14(11-18)10-13-6-4-5-7-15(13)21-9-8-17/h4-7,10,12H,3,9H2,1-2H3,(H,19,20)/b14-10+/t12-/m0/s1. The average Bonchev–Trinajstić information content (AvgIpc) is 2.51. The van der Waals surface area contributed by atoms with E-state index >= 15 is 0 Å². The third kappa shape index (κ3) is 5.00. The van der Waals surface area contributed by atoms with E-state index in [1.54, 1.807) is 24.3 Å². The molecule has 1 amide bonds. The smallest absolute Gasteiger partial charge is 0.262 e. The molecule has 0 saturated carbocycles. The van der Waals surface area contributed by atoms with E-state index in [-0.39, 0.29) is 18.2 Å². The Kier molecular flexibility index (Phi) is 6.50. The molecular formula is C16H17N3O2. The van der Waals surface area contributed by atoms with Crippen LogP contribution < -0.4 is 10.1 Å². The summed E-state index contributed by atoms with van der Waals surface area (Å²) in [6.45, 7) is 3.73. The van der Waals surface area contributed by atoms with Crippen LogP contribution in [0.2, 0.25) is 0 Å². The summed E-state index contributed by atoms with van der Waals surface area (Å²) >= 11 is 0. The molecule has 108 valence electrons. The van der Waals surface area contributed by atoms with Gasteiger partial charge in [-0.3, -0.25) is 4.79 Å². The van der Waals surface area contributed by atoms with Crippen molar-refractivity contribution in [2.24, 2.45) is 0 Å². The maximum absolute atomic E-state index is 12.0. The van der Waals surface area contributed by atoms with Gasteiger partial charge in [-0.1, -0.05) is 25.1 Å². The number of carbonyl (C=O) groups excluding carboxylic acids is 1. The second-order valence-electron chi connectivity index (χ2n) is 4.44. The summed E-state index contributed by atoms with van der Waals surface area (Å²) in [6, 6.07) is 10.7. The fourth-order valence-electron chi connectivity index (χ4n) is 1.55. The number of benzene rings is 1. The van der Waals surface area contributed by atoms with E-state index in [9.17, 15) is 4.79 Å². The third-order valence-electron chi connectivity index (χ3n) is 2.87. The second-order valence-corrected chi connectivity index (χ2v) is 4.44. The number of amides is 1. The van der Waals surface area contributed by atoms with Gasteiger partial charge >= 0.3 is 0 Å². The number of carbonyl (C=O) groups is 1. The quantitative estimate of drug-likeness (QED) is 0.641.